The molecule has 0 saturated heterocycles. The highest BCUT2D eigenvalue weighted by atomic mass is 32.2. The first-order valence-corrected chi connectivity index (χ1v) is 8.89. The van der Waals surface area contributed by atoms with Crippen LogP contribution in [-0.2, 0) is 10.0 Å². The quantitative estimate of drug-likeness (QED) is 0.850. The Bertz CT molecular complexity index is 786. The molecule has 6 nitrogen and oxygen atoms in total. The Kier molecular flexibility index (Phi) is 5.23. The summed E-state index contributed by atoms with van der Waals surface area (Å²) in [5, 5.41) is 2.78. The molecule has 0 radical (unpaired) electrons. The summed E-state index contributed by atoms with van der Waals surface area (Å²) in [4.78, 5) is 12.3. The molecule has 2 aromatic carbocycles. The number of ether oxygens (including phenoxy) is 1. The predicted octanol–water partition coefficient (Wildman–Crippen LogP) is 2.71. The average molecular weight is 334 g/mol. The third-order valence-corrected chi connectivity index (χ3v) is 3.49. The van der Waals surface area contributed by atoms with Gasteiger partial charge in [0, 0.05) is 11.3 Å². The molecule has 23 heavy (non-hydrogen) atoms. The lowest BCUT2D eigenvalue weighted by molar-refractivity contribution is 0.102. The summed E-state index contributed by atoms with van der Waals surface area (Å²) in [6, 6.07) is 13.3. The fourth-order valence-electron chi connectivity index (χ4n) is 1.95. The normalized spacial score (nSPS) is 10.9. The number of nitrogens with one attached hydrogen (secondary N) is 2. The van der Waals surface area contributed by atoms with Crippen LogP contribution in [0.4, 0.5) is 11.4 Å². The maximum absolute atomic E-state index is 12.3. The molecule has 0 aliphatic rings. The van der Waals surface area contributed by atoms with E-state index in [4.69, 9.17) is 4.74 Å². The van der Waals surface area contributed by atoms with Crippen molar-refractivity contribution in [1.29, 1.82) is 0 Å². The predicted molar refractivity (Wildman–Crippen MR) is 90.5 cm³/mol. The van der Waals surface area contributed by atoms with Crippen LogP contribution >= 0.6 is 0 Å². The number of benzene rings is 2. The summed E-state index contributed by atoms with van der Waals surface area (Å²) in [5.41, 5.74) is 1.40. The fraction of sp³-hybridized carbons (Fsp3) is 0.188. The van der Waals surface area contributed by atoms with E-state index in [1.165, 1.54) is 12.1 Å². The Morgan fingerprint density at radius 3 is 2.35 bits per heavy atom. The number of carbonyl (C=O) groups is 1. The van der Waals surface area contributed by atoms with Crippen molar-refractivity contribution in [3.63, 3.8) is 0 Å². The third-order valence-electron chi connectivity index (χ3n) is 2.89. The molecule has 7 heteroatoms. The van der Waals surface area contributed by atoms with Gasteiger partial charge in [0.05, 0.1) is 18.6 Å². The van der Waals surface area contributed by atoms with Crippen LogP contribution < -0.4 is 14.8 Å². The highest BCUT2D eigenvalue weighted by Crippen LogP contribution is 2.24. The highest BCUT2D eigenvalue weighted by Gasteiger charge is 2.10. The van der Waals surface area contributed by atoms with E-state index in [2.05, 4.69) is 10.0 Å². The molecule has 1 amide bonds. The van der Waals surface area contributed by atoms with Crippen molar-refractivity contribution in [2.24, 2.45) is 0 Å². The maximum Gasteiger partial charge on any atom is 0.255 e. The van der Waals surface area contributed by atoms with E-state index in [1.54, 1.807) is 30.3 Å². The molecular weight excluding hydrogens is 316 g/mol. The molecule has 2 N–H and O–H groups in total. The monoisotopic (exact) mass is 334 g/mol. The zero-order valence-corrected chi connectivity index (χ0v) is 13.7. The first-order chi connectivity index (χ1) is 10.9. The Hall–Kier alpha value is -2.54. The number of carbonyl (C=O) groups excluding carboxylic acids is 1. The van der Waals surface area contributed by atoms with Crippen molar-refractivity contribution in [3.05, 3.63) is 54.1 Å². The molecule has 0 spiro atoms. The summed E-state index contributed by atoms with van der Waals surface area (Å²) < 4.78 is 30.1. The van der Waals surface area contributed by atoms with Gasteiger partial charge in [0.1, 0.15) is 5.75 Å². The van der Waals surface area contributed by atoms with Crippen LogP contribution in [0.15, 0.2) is 48.5 Å². The molecule has 0 bridgehead atoms. The van der Waals surface area contributed by atoms with E-state index in [0.717, 1.165) is 6.26 Å². The second-order valence-electron chi connectivity index (χ2n) is 4.83. The minimum atomic E-state index is -3.34. The molecular formula is C16H18N2O4S. The van der Waals surface area contributed by atoms with E-state index in [0.29, 0.717) is 29.3 Å². The van der Waals surface area contributed by atoms with Crippen molar-refractivity contribution in [2.45, 2.75) is 6.92 Å². The average Bonchev–Trinajstić information content (AvgIpc) is 2.48. The minimum absolute atomic E-state index is 0.303. The summed E-state index contributed by atoms with van der Waals surface area (Å²) in [6.45, 7) is 2.37. The lowest BCUT2D eigenvalue weighted by atomic mass is 10.2. The molecule has 2 aromatic rings. The van der Waals surface area contributed by atoms with Crippen molar-refractivity contribution in [2.75, 3.05) is 22.9 Å². The standard InChI is InChI=1S/C16H18N2O4S/c1-3-22-15-7-5-4-6-14(15)17-16(19)12-8-10-13(11-9-12)18-23(2,20)21/h4-11,18H,3H2,1-2H3,(H,17,19). The van der Waals surface area contributed by atoms with E-state index in [-0.39, 0.29) is 5.91 Å². The minimum Gasteiger partial charge on any atom is -0.492 e. The van der Waals surface area contributed by atoms with E-state index in [1.807, 2.05) is 13.0 Å². The van der Waals surface area contributed by atoms with Crippen LogP contribution in [0.3, 0.4) is 0 Å². The van der Waals surface area contributed by atoms with Gasteiger partial charge in [-0.25, -0.2) is 8.42 Å². The van der Waals surface area contributed by atoms with Gasteiger partial charge in [0.25, 0.3) is 5.91 Å². The van der Waals surface area contributed by atoms with Crippen molar-refractivity contribution in [1.82, 2.24) is 0 Å². The van der Waals surface area contributed by atoms with Crippen LogP contribution in [0.25, 0.3) is 0 Å². The van der Waals surface area contributed by atoms with Gasteiger partial charge in [-0.05, 0) is 43.3 Å². The largest absolute Gasteiger partial charge is 0.492 e. The number of para-hydroxylation sites is 2. The van der Waals surface area contributed by atoms with Gasteiger partial charge in [-0.3, -0.25) is 9.52 Å². The van der Waals surface area contributed by atoms with E-state index < -0.39 is 10.0 Å². The van der Waals surface area contributed by atoms with Gasteiger partial charge in [-0.15, -0.1) is 0 Å². The maximum atomic E-state index is 12.3. The van der Waals surface area contributed by atoms with Gasteiger partial charge in [0.15, 0.2) is 0 Å². The fourth-order valence-corrected chi connectivity index (χ4v) is 2.51. The Morgan fingerprint density at radius 2 is 1.74 bits per heavy atom. The number of hydrogen-bond donors (Lipinski definition) is 2. The van der Waals surface area contributed by atoms with Crippen LogP contribution in [0.1, 0.15) is 17.3 Å². The number of rotatable bonds is 6. The Labute approximate surface area is 135 Å². The second kappa shape index (κ2) is 7.15. The third kappa shape index (κ3) is 5.00. The molecule has 0 unspecified atom stereocenters. The molecule has 0 saturated carbocycles. The molecule has 0 fully saturated rings. The zero-order valence-electron chi connectivity index (χ0n) is 12.9. The summed E-state index contributed by atoms with van der Waals surface area (Å²) in [7, 11) is -3.34. The van der Waals surface area contributed by atoms with Crippen LogP contribution in [0.2, 0.25) is 0 Å². The zero-order chi connectivity index (χ0) is 16.9. The summed E-state index contributed by atoms with van der Waals surface area (Å²) in [6.07, 6.45) is 1.07. The van der Waals surface area contributed by atoms with Crippen molar-refractivity contribution >= 4 is 27.3 Å². The molecule has 0 atom stereocenters. The van der Waals surface area contributed by atoms with Crippen LogP contribution in [-0.4, -0.2) is 27.2 Å². The summed E-state index contributed by atoms with van der Waals surface area (Å²) in [5.74, 6) is 0.293. The van der Waals surface area contributed by atoms with Crippen molar-refractivity contribution in [3.8, 4) is 5.75 Å². The molecule has 0 aromatic heterocycles. The smallest absolute Gasteiger partial charge is 0.255 e. The lowest BCUT2D eigenvalue weighted by Gasteiger charge is -2.11. The molecule has 0 aliphatic carbocycles. The van der Waals surface area contributed by atoms with Crippen molar-refractivity contribution < 1.29 is 17.9 Å². The Balaban J connectivity index is 2.12. The summed E-state index contributed by atoms with van der Waals surface area (Å²) >= 11 is 0. The lowest BCUT2D eigenvalue weighted by Crippen LogP contribution is -2.13. The number of hydrogen-bond acceptors (Lipinski definition) is 4. The van der Waals surface area contributed by atoms with Gasteiger partial charge in [-0.1, -0.05) is 12.1 Å². The SMILES string of the molecule is CCOc1ccccc1NC(=O)c1ccc(NS(C)(=O)=O)cc1. The Morgan fingerprint density at radius 1 is 1.09 bits per heavy atom. The molecule has 2 rings (SSSR count). The van der Waals surface area contributed by atoms with E-state index in [9.17, 15) is 13.2 Å². The van der Waals surface area contributed by atoms with Crippen LogP contribution in [0, 0.1) is 0 Å². The first kappa shape index (κ1) is 16.8. The molecule has 122 valence electrons. The van der Waals surface area contributed by atoms with Gasteiger partial charge < -0.3 is 10.1 Å². The number of anilines is 2. The topological polar surface area (TPSA) is 84.5 Å². The molecule has 0 heterocycles. The number of sulfonamides is 1. The van der Waals surface area contributed by atoms with Gasteiger partial charge in [0.2, 0.25) is 10.0 Å². The second-order valence-corrected chi connectivity index (χ2v) is 6.58. The van der Waals surface area contributed by atoms with E-state index >= 15 is 0 Å². The number of amides is 1. The van der Waals surface area contributed by atoms with Gasteiger partial charge >= 0.3 is 0 Å². The first-order valence-electron chi connectivity index (χ1n) is 7.00. The van der Waals surface area contributed by atoms with Gasteiger partial charge in [-0.2, -0.15) is 0 Å². The van der Waals surface area contributed by atoms with Crippen LogP contribution in [0.5, 0.6) is 5.75 Å². The highest BCUT2D eigenvalue weighted by molar-refractivity contribution is 7.92. The molecule has 0 aliphatic heterocycles.